The second-order valence-electron chi connectivity index (χ2n) is 27.2. The zero-order chi connectivity index (χ0) is 68.7. The summed E-state index contributed by atoms with van der Waals surface area (Å²) in [5, 5.41) is 4.70. The molecule has 0 atom stereocenters. The molecule has 0 aliphatic carbocycles. The van der Waals surface area contributed by atoms with E-state index in [0.717, 1.165) is 22.1 Å². The van der Waals surface area contributed by atoms with E-state index < -0.39 is 0 Å². The van der Waals surface area contributed by atoms with Gasteiger partial charge in [-0.3, -0.25) is 0 Å². The van der Waals surface area contributed by atoms with Crippen LogP contribution in [-0.2, 0) is 0 Å². The molecule has 17 aromatic rings. The number of hydrogen-bond donors (Lipinski definition) is 0. The minimum Gasteiger partial charge on any atom is -0.201 e. The Morgan fingerprint density at radius 2 is 0.417 bits per heavy atom. The summed E-state index contributed by atoms with van der Waals surface area (Å²) in [7, 11) is 0. The number of fused-ring (bicyclic) bond motifs is 2. The van der Waals surface area contributed by atoms with Crippen molar-refractivity contribution in [2.24, 2.45) is 0 Å². The fraction of sp³-hybridized carbons (Fsp3) is 0.0594. The number of benzene rings is 16. The summed E-state index contributed by atoms with van der Waals surface area (Å²) in [5.41, 5.74) is 24.3. The average molecular weight is 1320 g/mol. The molecule has 0 spiro atoms. The van der Waals surface area contributed by atoms with E-state index in [1.165, 1.54) is 111 Å². The van der Waals surface area contributed by atoms with Gasteiger partial charge in [-0.05, 0) is 124 Å². The number of hydrogen-bond acceptors (Lipinski definition) is 0. The van der Waals surface area contributed by atoms with Gasteiger partial charge in [0.1, 0.15) is 23.8 Å². The third kappa shape index (κ3) is 12.8. The summed E-state index contributed by atoms with van der Waals surface area (Å²) < 4.78 is 4.95. The largest absolute Gasteiger partial charge is 0.254 e. The normalized spacial score (nSPS) is 11.6. The molecule has 0 unspecified atom stereocenters. The first-order chi connectivity index (χ1) is 51.2. The minimum absolute atomic E-state index is 0.0693. The molecule has 1 heterocycles. The van der Waals surface area contributed by atoms with Crippen molar-refractivity contribution in [2.45, 2.75) is 35.5 Å². The lowest BCUT2D eigenvalue weighted by molar-refractivity contribution is -0.593. The standard InChI is InChI=1S/C101H77N2/c1-13-37-72(38-14-1)94(73-39-15-2-16-40-73)84-61-63-86-88(96(76-45-21-5-22-46-76)77-47-23-6-24-48-77)69-92(98(80-53-29-9-30-54-80)81-55-31-10-32-56-81)100(90(86)67-84)102-65-66-103(71-102)101-91-68-85(95(74-41-17-3-18-42-74)75-43-19-4-20-44-75)62-64-87(91)89(97(78-49-25-7-26-50-78)79-51-27-8-28-52-79)70-93(101)99(82-57-33-11-34-58-82)83-59-35-12-36-60-83/h1-71,94-99H/q+1. The lowest BCUT2D eigenvalue weighted by Gasteiger charge is -2.28. The van der Waals surface area contributed by atoms with Crippen LogP contribution < -0.4 is 4.57 Å². The van der Waals surface area contributed by atoms with Crippen LogP contribution >= 0.6 is 0 Å². The van der Waals surface area contributed by atoms with Crippen LogP contribution in [0.5, 0.6) is 0 Å². The van der Waals surface area contributed by atoms with Crippen molar-refractivity contribution in [3.8, 4) is 11.4 Å². The van der Waals surface area contributed by atoms with Gasteiger partial charge in [-0.25, -0.2) is 9.13 Å². The molecule has 1 aromatic heterocycles. The first-order valence-corrected chi connectivity index (χ1v) is 36.1. The second-order valence-corrected chi connectivity index (χ2v) is 27.2. The van der Waals surface area contributed by atoms with E-state index in [0.29, 0.717) is 0 Å². The molecule has 0 N–H and O–H groups in total. The molecule has 0 saturated heterocycles. The Kier molecular flexibility index (Phi) is 18.1. The number of imidazole rings is 1. The van der Waals surface area contributed by atoms with Gasteiger partial charge in [-0.15, -0.1) is 0 Å². The molecule has 0 bridgehead atoms. The molecule has 0 aliphatic rings. The second kappa shape index (κ2) is 29.2. The molecule has 17 rings (SSSR count). The third-order valence-corrected chi connectivity index (χ3v) is 21.0. The predicted molar refractivity (Wildman–Crippen MR) is 425 cm³/mol. The van der Waals surface area contributed by atoms with Crippen LogP contribution in [0.25, 0.3) is 32.9 Å². The van der Waals surface area contributed by atoms with Gasteiger partial charge < -0.3 is 0 Å². The summed E-state index contributed by atoms with van der Waals surface area (Å²) >= 11 is 0. The SMILES string of the molecule is c1ccc(C(c2ccccc2)c2ccc3c(C(c4ccccc4)c4ccccc4)cc(C(c4ccccc4)c4ccccc4)c(-n4cc[n+](-c5c(C(c6ccccc6)c6ccccc6)cc(C(c6ccccc6)c6ccccc6)c6ccc(C(c7ccccc7)c7ccccc7)cc56)c4)c3c2)cc1. The first kappa shape index (κ1) is 63.7. The molecule has 0 fully saturated rings. The fourth-order valence-corrected chi connectivity index (χ4v) is 16.5. The molecular formula is C101H77N2+. The van der Waals surface area contributed by atoms with Crippen molar-refractivity contribution in [3.63, 3.8) is 0 Å². The van der Waals surface area contributed by atoms with Crippen LogP contribution in [0.15, 0.2) is 431 Å². The molecular weight excluding hydrogens is 1240 g/mol. The maximum absolute atomic E-state index is 2.59. The summed E-state index contributed by atoms with van der Waals surface area (Å²) in [6.07, 6.45) is 7.09. The van der Waals surface area contributed by atoms with Crippen molar-refractivity contribution in [1.82, 2.24) is 4.57 Å². The van der Waals surface area contributed by atoms with Crippen molar-refractivity contribution in [3.05, 3.63) is 531 Å². The van der Waals surface area contributed by atoms with Gasteiger partial charge in [0.15, 0.2) is 0 Å². The zero-order valence-corrected chi connectivity index (χ0v) is 57.4. The van der Waals surface area contributed by atoms with Crippen molar-refractivity contribution in [2.75, 3.05) is 0 Å². The molecule has 2 heteroatoms. The van der Waals surface area contributed by atoms with Crippen LogP contribution in [0.1, 0.15) is 136 Å². The Hall–Kier alpha value is -12.8. The van der Waals surface area contributed by atoms with Crippen LogP contribution in [0.3, 0.4) is 0 Å². The number of nitrogens with zero attached hydrogens (tertiary/aromatic N) is 2. The maximum atomic E-state index is 2.59. The van der Waals surface area contributed by atoms with Crippen molar-refractivity contribution >= 4 is 21.5 Å². The van der Waals surface area contributed by atoms with Gasteiger partial charge >= 0.3 is 0 Å². The quantitative estimate of drug-likeness (QED) is 0.0531. The first-order valence-electron chi connectivity index (χ1n) is 36.1. The molecule has 0 aliphatic heterocycles. The molecule has 0 amide bonds. The van der Waals surface area contributed by atoms with E-state index in [1.807, 2.05) is 0 Å². The highest BCUT2D eigenvalue weighted by Gasteiger charge is 2.35. The highest BCUT2D eigenvalue weighted by atomic mass is 15.1. The van der Waals surface area contributed by atoms with Crippen LogP contribution in [0.2, 0.25) is 0 Å². The van der Waals surface area contributed by atoms with Crippen LogP contribution in [0, 0.1) is 0 Å². The smallest absolute Gasteiger partial charge is 0.201 e. The van der Waals surface area contributed by atoms with Crippen LogP contribution in [-0.4, -0.2) is 4.57 Å². The van der Waals surface area contributed by atoms with Gasteiger partial charge in [0.2, 0.25) is 0 Å². The zero-order valence-electron chi connectivity index (χ0n) is 57.4. The summed E-state index contributed by atoms with van der Waals surface area (Å²) in [6, 6.07) is 154. The highest BCUT2D eigenvalue weighted by molar-refractivity contribution is 5.98. The summed E-state index contributed by atoms with van der Waals surface area (Å²) in [6.45, 7) is 0. The number of aromatic nitrogens is 2. The van der Waals surface area contributed by atoms with E-state index in [1.54, 1.807) is 0 Å². The summed E-state index contributed by atoms with van der Waals surface area (Å²) in [5.74, 6) is -0.785. The Morgan fingerprint density at radius 3 is 0.709 bits per heavy atom. The van der Waals surface area contributed by atoms with Gasteiger partial charge in [0, 0.05) is 57.4 Å². The molecule has 490 valence electrons. The van der Waals surface area contributed by atoms with Gasteiger partial charge in [0.05, 0.1) is 0 Å². The predicted octanol–water partition coefficient (Wildman–Crippen LogP) is 24.1. The monoisotopic (exact) mass is 1320 g/mol. The minimum atomic E-state index is -0.203. The summed E-state index contributed by atoms with van der Waals surface area (Å²) in [4.78, 5) is 0. The Bertz CT molecular complexity index is 5050. The highest BCUT2D eigenvalue weighted by Crippen LogP contribution is 2.49. The maximum Gasteiger partial charge on any atom is 0.254 e. The van der Waals surface area contributed by atoms with E-state index in [-0.39, 0.29) is 35.5 Å². The molecule has 0 radical (unpaired) electrons. The van der Waals surface area contributed by atoms with Crippen LogP contribution in [0.4, 0.5) is 0 Å². The van der Waals surface area contributed by atoms with E-state index in [2.05, 4.69) is 440 Å². The van der Waals surface area contributed by atoms with Crippen molar-refractivity contribution < 1.29 is 4.57 Å². The molecule has 2 nitrogen and oxygen atoms in total. The van der Waals surface area contributed by atoms with E-state index in [9.17, 15) is 0 Å². The van der Waals surface area contributed by atoms with Crippen molar-refractivity contribution in [1.29, 1.82) is 0 Å². The van der Waals surface area contributed by atoms with Gasteiger partial charge in [0.25, 0.3) is 6.33 Å². The Balaban J connectivity index is 1.02. The fourth-order valence-electron chi connectivity index (χ4n) is 16.5. The topological polar surface area (TPSA) is 8.81 Å². The van der Waals surface area contributed by atoms with E-state index in [4.69, 9.17) is 0 Å². The van der Waals surface area contributed by atoms with Gasteiger partial charge in [-0.1, -0.05) is 388 Å². The molecule has 103 heavy (non-hydrogen) atoms. The Labute approximate surface area is 605 Å². The Morgan fingerprint density at radius 1 is 0.184 bits per heavy atom. The number of rotatable bonds is 20. The third-order valence-electron chi connectivity index (χ3n) is 21.0. The van der Waals surface area contributed by atoms with E-state index >= 15 is 0 Å². The molecule has 16 aromatic carbocycles. The lowest BCUT2D eigenvalue weighted by Crippen LogP contribution is -2.31. The lowest BCUT2D eigenvalue weighted by atomic mass is 9.76. The van der Waals surface area contributed by atoms with Gasteiger partial charge in [-0.2, -0.15) is 0 Å². The molecule has 0 saturated carbocycles. The average Bonchev–Trinajstić information content (AvgIpc) is 1.56.